The number of rotatable bonds is 5. The number of ether oxygens (including phenoxy) is 2. The molecule has 1 atom stereocenters. The van der Waals surface area contributed by atoms with Crippen molar-refractivity contribution in [3.63, 3.8) is 0 Å². The minimum absolute atomic E-state index is 0.0166. The second-order valence-electron chi connectivity index (χ2n) is 3.92. The Balaban J connectivity index is 2.97. The first-order valence-electron chi connectivity index (χ1n) is 5.54. The fourth-order valence-electron chi connectivity index (χ4n) is 1.37. The molecule has 0 aliphatic heterocycles. The number of halogens is 3. The van der Waals surface area contributed by atoms with E-state index in [0.717, 1.165) is 0 Å². The van der Waals surface area contributed by atoms with Crippen LogP contribution in [-0.4, -0.2) is 42.0 Å². The highest BCUT2D eigenvalue weighted by atomic mass is 19.4. The minimum atomic E-state index is -4.76. The summed E-state index contributed by atoms with van der Waals surface area (Å²) in [7, 11) is 1.39. The lowest BCUT2D eigenvalue weighted by Gasteiger charge is -2.17. The van der Waals surface area contributed by atoms with Gasteiger partial charge in [-0.1, -0.05) is 5.16 Å². The van der Waals surface area contributed by atoms with Crippen molar-refractivity contribution in [1.29, 1.82) is 0 Å². The number of oxime groups is 1. The highest BCUT2D eigenvalue weighted by Gasteiger charge is 2.38. The van der Waals surface area contributed by atoms with Crippen molar-refractivity contribution in [3.05, 3.63) is 23.8 Å². The third-order valence-corrected chi connectivity index (χ3v) is 2.50. The summed E-state index contributed by atoms with van der Waals surface area (Å²) in [5, 5.41) is 20.6. The van der Waals surface area contributed by atoms with E-state index in [0.29, 0.717) is 11.3 Å². The van der Waals surface area contributed by atoms with Gasteiger partial charge in [-0.3, -0.25) is 0 Å². The van der Waals surface area contributed by atoms with Crippen LogP contribution >= 0.6 is 0 Å². The van der Waals surface area contributed by atoms with Crippen LogP contribution in [0, 0.1) is 0 Å². The Bertz CT molecular complexity index is 488. The van der Waals surface area contributed by atoms with Crippen LogP contribution in [0.2, 0.25) is 0 Å². The molecule has 8 heteroatoms. The van der Waals surface area contributed by atoms with E-state index in [-0.39, 0.29) is 11.5 Å². The third kappa shape index (κ3) is 4.02. The Kier molecular flexibility index (Phi) is 5.20. The lowest BCUT2D eigenvalue weighted by Crippen LogP contribution is -2.34. The van der Waals surface area contributed by atoms with Crippen molar-refractivity contribution < 1.29 is 33.0 Å². The Hall–Kier alpha value is -1.96. The lowest BCUT2D eigenvalue weighted by molar-refractivity contribution is -0.210. The number of alkyl halides is 3. The molecule has 20 heavy (non-hydrogen) atoms. The quantitative estimate of drug-likeness (QED) is 0.496. The second-order valence-corrected chi connectivity index (χ2v) is 3.92. The number of aliphatic hydroxyl groups excluding tert-OH is 1. The molecule has 2 N–H and O–H groups in total. The zero-order valence-electron chi connectivity index (χ0n) is 10.8. The molecule has 1 aromatic carbocycles. The molecule has 0 saturated heterocycles. The molecule has 0 heterocycles. The summed E-state index contributed by atoms with van der Waals surface area (Å²) in [6, 6.07) is 4.35. The summed E-state index contributed by atoms with van der Waals surface area (Å²) in [6.45, 7) is 0.483. The first kappa shape index (κ1) is 16.1. The molecule has 112 valence electrons. The smallest absolute Gasteiger partial charge is 0.417 e. The number of aliphatic hydroxyl groups is 1. The van der Waals surface area contributed by atoms with Crippen LogP contribution in [0.15, 0.2) is 23.4 Å². The zero-order chi connectivity index (χ0) is 15.3. The number of methoxy groups -OCH3 is 1. The van der Waals surface area contributed by atoms with Crippen molar-refractivity contribution >= 4 is 5.71 Å². The molecule has 0 bridgehead atoms. The van der Waals surface area contributed by atoms with Crippen LogP contribution in [0.5, 0.6) is 11.5 Å². The fraction of sp³-hybridized carbons (Fsp3) is 0.417. The Labute approximate surface area is 113 Å². The van der Waals surface area contributed by atoms with Gasteiger partial charge in [0.15, 0.2) is 6.10 Å². The van der Waals surface area contributed by atoms with Gasteiger partial charge >= 0.3 is 6.18 Å². The van der Waals surface area contributed by atoms with Gasteiger partial charge in [0.2, 0.25) is 0 Å². The van der Waals surface area contributed by atoms with Gasteiger partial charge in [-0.25, -0.2) is 0 Å². The standard InChI is InChI=1S/C12H14F3NO4/c1-7(16-18)9-4-3-8(19-2)5-10(9)20-6-11(17)12(13,14)15/h3-5,11,17-18H,6H2,1-2H3/b16-7+. The molecular formula is C12H14F3NO4. The summed E-state index contributed by atoms with van der Waals surface area (Å²) < 4.78 is 46.5. The van der Waals surface area contributed by atoms with E-state index in [4.69, 9.17) is 19.8 Å². The molecule has 0 aliphatic rings. The monoisotopic (exact) mass is 293 g/mol. The topological polar surface area (TPSA) is 71.3 Å². The normalized spacial score (nSPS) is 14.0. The molecule has 5 nitrogen and oxygen atoms in total. The molecule has 0 aliphatic carbocycles. The second kappa shape index (κ2) is 6.47. The maximum atomic E-state index is 12.2. The van der Waals surface area contributed by atoms with E-state index >= 15 is 0 Å². The average Bonchev–Trinajstić information content (AvgIpc) is 2.42. The van der Waals surface area contributed by atoms with E-state index in [1.807, 2.05) is 0 Å². The molecule has 0 radical (unpaired) electrons. The van der Waals surface area contributed by atoms with E-state index < -0.39 is 18.9 Å². The van der Waals surface area contributed by atoms with Crippen LogP contribution < -0.4 is 9.47 Å². The van der Waals surface area contributed by atoms with Crippen molar-refractivity contribution in [2.45, 2.75) is 19.2 Å². The molecule has 0 fully saturated rings. The Morgan fingerprint density at radius 1 is 1.40 bits per heavy atom. The zero-order valence-corrected chi connectivity index (χ0v) is 10.8. The SMILES string of the molecule is COc1ccc(/C(C)=N/O)c(OCC(O)C(F)(F)F)c1. The van der Waals surface area contributed by atoms with Crippen LogP contribution in [0.3, 0.4) is 0 Å². The summed E-state index contributed by atoms with van der Waals surface area (Å²) in [5.74, 6) is 0.374. The van der Waals surface area contributed by atoms with Gasteiger partial charge < -0.3 is 19.8 Å². The van der Waals surface area contributed by atoms with Crippen LogP contribution in [0.1, 0.15) is 12.5 Å². The number of nitrogens with zero attached hydrogens (tertiary/aromatic N) is 1. The molecule has 0 saturated carbocycles. The molecule has 0 aromatic heterocycles. The van der Waals surface area contributed by atoms with Crippen molar-refractivity contribution in [1.82, 2.24) is 0 Å². The summed E-state index contributed by atoms with van der Waals surface area (Å²) >= 11 is 0. The first-order chi connectivity index (χ1) is 9.29. The van der Waals surface area contributed by atoms with E-state index in [2.05, 4.69) is 5.16 Å². The number of benzene rings is 1. The average molecular weight is 293 g/mol. The predicted octanol–water partition coefficient (Wildman–Crippen LogP) is 2.20. The van der Waals surface area contributed by atoms with Gasteiger partial charge in [-0.15, -0.1) is 0 Å². The molecule has 1 rings (SSSR count). The fourth-order valence-corrected chi connectivity index (χ4v) is 1.37. The van der Waals surface area contributed by atoms with Gasteiger partial charge in [0.05, 0.1) is 12.8 Å². The van der Waals surface area contributed by atoms with Crippen molar-refractivity contribution in [2.24, 2.45) is 5.16 Å². The van der Waals surface area contributed by atoms with E-state index in [1.54, 1.807) is 0 Å². The predicted molar refractivity (Wildman–Crippen MR) is 64.5 cm³/mol. The maximum absolute atomic E-state index is 12.2. The summed E-state index contributed by atoms with van der Waals surface area (Å²) in [6.07, 6.45) is -7.37. The van der Waals surface area contributed by atoms with E-state index in [9.17, 15) is 13.2 Å². The Morgan fingerprint density at radius 3 is 2.55 bits per heavy atom. The molecule has 0 amide bonds. The summed E-state index contributed by atoms with van der Waals surface area (Å²) in [5.41, 5.74) is 0.451. The van der Waals surface area contributed by atoms with Gasteiger partial charge in [0.1, 0.15) is 18.1 Å². The number of hydrogen-bond donors (Lipinski definition) is 2. The minimum Gasteiger partial charge on any atom is -0.497 e. The highest BCUT2D eigenvalue weighted by Crippen LogP contribution is 2.27. The Morgan fingerprint density at radius 2 is 2.05 bits per heavy atom. The first-order valence-corrected chi connectivity index (χ1v) is 5.54. The molecule has 1 aromatic rings. The van der Waals surface area contributed by atoms with Crippen molar-refractivity contribution in [2.75, 3.05) is 13.7 Å². The highest BCUT2D eigenvalue weighted by molar-refractivity contribution is 6.00. The van der Waals surface area contributed by atoms with E-state index in [1.165, 1.54) is 32.2 Å². The van der Waals surface area contributed by atoms with Gasteiger partial charge in [0, 0.05) is 11.6 Å². The molecule has 0 spiro atoms. The van der Waals surface area contributed by atoms with Crippen LogP contribution in [0.4, 0.5) is 13.2 Å². The molecule has 1 unspecified atom stereocenters. The lowest BCUT2D eigenvalue weighted by atomic mass is 10.1. The van der Waals surface area contributed by atoms with Crippen LogP contribution in [-0.2, 0) is 0 Å². The largest absolute Gasteiger partial charge is 0.497 e. The van der Waals surface area contributed by atoms with Crippen molar-refractivity contribution in [3.8, 4) is 11.5 Å². The summed E-state index contributed by atoms with van der Waals surface area (Å²) in [4.78, 5) is 0. The van der Waals surface area contributed by atoms with Crippen LogP contribution in [0.25, 0.3) is 0 Å². The maximum Gasteiger partial charge on any atom is 0.417 e. The van der Waals surface area contributed by atoms with Gasteiger partial charge in [0.25, 0.3) is 0 Å². The number of hydrogen-bond acceptors (Lipinski definition) is 5. The third-order valence-electron chi connectivity index (χ3n) is 2.50. The molecular weight excluding hydrogens is 279 g/mol. The van der Waals surface area contributed by atoms with Gasteiger partial charge in [-0.2, -0.15) is 13.2 Å². The van der Waals surface area contributed by atoms with Gasteiger partial charge in [-0.05, 0) is 19.1 Å².